The number of carbonyl (C=O) groups excluding carboxylic acids is 3. The Morgan fingerprint density at radius 1 is 1.03 bits per heavy atom. The van der Waals surface area contributed by atoms with Crippen molar-refractivity contribution in [2.75, 3.05) is 19.6 Å². The number of carbonyl (C=O) groups is 3. The van der Waals surface area contributed by atoms with Crippen molar-refractivity contribution in [3.63, 3.8) is 0 Å². The number of hydrogen-bond acceptors (Lipinski definition) is 5. The van der Waals surface area contributed by atoms with Gasteiger partial charge in [0.25, 0.3) is 0 Å². The number of ether oxygens (including phenoxy) is 2. The molecule has 7 heteroatoms. The zero-order chi connectivity index (χ0) is 23.5. The Bertz CT molecular complexity index is 822. The average molecular weight is 445 g/mol. The third-order valence-corrected chi connectivity index (χ3v) is 6.35. The Morgan fingerprint density at radius 2 is 1.62 bits per heavy atom. The highest BCUT2D eigenvalue weighted by Crippen LogP contribution is 2.43. The number of nitrogens with zero attached hydrogens (tertiary/aromatic N) is 2. The van der Waals surface area contributed by atoms with E-state index in [1.54, 1.807) is 9.80 Å². The van der Waals surface area contributed by atoms with Gasteiger partial charge in [0.15, 0.2) is 0 Å². The maximum Gasteiger partial charge on any atom is 0.410 e. The molecule has 2 amide bonds. The van der Waals surface area contributed by atoms with Gasteiger partial charge in [-0.3, -0.25) is 4.79 Å². The summed E-state index contributed by atoms with van der Waals surface area (Å²) in [5.41, 5.74) is -0.135. The van der Waals surface area contributed by atoms with Crippen molar-refractivity contribution >= 4 is 18.0 Å². The maximum atomic E-state index is 13.5. The molecular formula is C25H36N2O5. The van der Waals surface area contributed by atoms with Crippen molar-refractivity contribution in [1.82, 2.24) is 9.80 Å². The van der Waals surface area contributed by atoms with Gasteiger partial charge in [0, 0.05) is 19.6 Å². The largest absolute Gasteiger partial charge is 0.459 e. The van der Waals surface area contributed by atoms with Crippen LogP contribution in [0.2, 0.25) is 0 Å². The molecule has 0 saturated carbocycles. The van der Waals surface area contributed by atoms with E-state index in [0.717, 1.165) is 5.56 Å². The molecule has 3 rings (SSSR count). The van der Waals surface area contributed by atoms with E-state index in [1.165, 1.54) is 0 Å². The van der Waals surface area contributed by atoms with Gasteiger partial charge >= 0.3 is 12.1 Å². The van der Waals surface area contributed by atoms with Crippen LogP contribution in [0.3, 0.4) is 0 Å². The molecule has 32 heavy (non-hydrogen) atoms. The first-order valence-electron chi connectivity index (χ1n) is 11.5. The van der Waals surface area contributed by atoms with E-state index in [-0.39, 0.29) is 30.5 Å². The van der Waals surface area contributed by atoms with Crippen LogP contribution >= 0.6 is 0 Å². The van der Waals surface area contributed by atoms with E-state index in [2.05, 4.69) is 0 Å². The Labute approximate surface area is 191 Å². The van der Waals surface area contributed by atoms with Gasteiger partial charge in [0.2, 0.25) is 5.91 Å². The summed E-state index contributed by atoms with van der Waals surface area (Å²) in [7, 11) is 0. The number of esters is 1. The van der Waals surface area contributed by atoms with Crippen molar-refractivity contribution in [2.24, 2.45) is 11.3 Å². The number of piperidine rings is 1. The standard InChI is InChI=1S/C25H36N2O5/c1-18(2)20(21(28)31-17-19-9-7-6-8-10-19)27-16-13-25(22(27)29)11-14-26(15-12-25)23(30)32-24(3,4)5/h6-10,18,20H,11-17H2,1-5H3/t20-/m0/s1. The molecule has 176 valence electrons. The van der Waals surface area contributed by atoms with Crippen molar-refractivity contribution < 1.29 is 23.9 Å². The molecule has 0 N–H and O–H groups in total. The molecule has 1 spiro atoms. The van der Waals surface area contributed by atoms with Gasteiger partial charge < -0.3 is 19.3 Å². The normalized spacial score (nSPS) is 19.4. The highest BCUT2D eigenvalue weighted by Gasteiger charge is 2.52. The lowest BCUT2D eigenvalue weighted by Gasteiger charge is -2.39. The van der Waals surface area contributed by atoms with E-state index >= 15 is 0 Å². The molecule has 0 radical (unpaired) electrons. The molecule has 7 nitrogen and oxygen atoms in total. The minimum Gasteiger partial charge on any atom is -0.459 e. The zero-order valence-corrected chi connectivity index (χ0v) is 19.9. The van der Waals surface area contributed by atoms with Gasteiger partial charge in [-0.1, -0.05) is 44.2 Å². The first-order valence-corrected chi connectivity index (χ1v) is 11.5. The van der Waals surface area contributed by atoms with Crippen molar-refractivity contribution in [3.05, 3.63) is 35.9 Å². The molecule has 0 unspecified atom stereocenters. The molecule has 2 aliphatic heterocycles. The summed E-state index contributed by atoms with van der Waals surface area (Å²) in [4.78, 5) is 42.2. The second-order valence-corrected chi connectivity index (χ2v) is 10.3. The first-order chi connectivity index (χ1) is 15.0. The van der Waals surface area contributed by atoms with Gasteiger partial charge in [-0.2, -0.15) is 0 Å². The van der Waals surface area contributed by atoms with Crippen LogP contribution in [0.5, 0.6) is 0 Å². The molecule has 2 heterocycles. The van der Waals surface area contributed by atoms with Crippen molar-refractivity contribution in [1.29, 1.82) is 0 Å². The summed E-state index contributed by atoms with van der Waals surface area (Å²) in [6.45, 7) is 11.1. The Balaban J connectivity index is 1.62. The molecule has 1 atom stereocenters. The second-order valence-electron chi connectivity index (χ2n) is 10.3. The van der Waals surface area contributed by atoms with Crippen LogP contribution in [0.15, 0.2) is 30.3 Å². The number of likely N-dealkylation sites (tertiary alicyclic amines) is 2. The van der Waals surface area contributed by atoms with Gasteiger partial charge in [-0.15, -0.1) is 0 Å². The molecule has 0 aromatic heterocycles. The van der Waals surface area contributed by atoms with E-state index in [4.69, 9.17) is 9.47 Å². The maximum absolute atomic E-state index is 13.5. The molecule has 0 bridgehead atoms. The highest BCUT2D eigenvalue weighted by molar-refractivity contribution is 5.90. The minimum atomic E-state index is -0.602. The van der Waals surface area contributed by atoms with E-state index in [9.17, 15) is 14.4 Å². The summed E-state index contributed by atoms with van der Waals surface area (Å²) in [5, 5.41) is 0. The van der Waals surface area contributed by atoms with Crippen LogP contribution in [0, 0.1) is 11.3 Å². The fourth-order valence-electron chi connectivity index (χ4n) is 4.59. The first kappa shape index (κ1) is 24.1. The van der Waals surface area contributed by atoms with Gasteiger partial charge in [-0.25, -0.2) is 9.59 Å². The molecular weight excluding hydrogens is 408 g/mol. The quantitative estimate of drug-likeness (QED) is 0.642. The number of benzene rings is 1. The third kappa shape index (κ3) is 5.43. The van der Waals surface area contributed by atoms with Gasteiger partial charge in [0.1, 0.15) is 18.2 Å². The Morgan fingerprint density at radius 3 is 2.19 bits per heavy atom. The fraction of sp³-hybridized carbons (Fsp3) is 0.640. The van der Waals surface area contributed by atoms with Gasteiger partial charge in [-0.05, 0) is 51.5 Å². The number of rotatable bonds is 5. The van der Waals surface area contributed by atoms with Crippen LogP contribution in [0.1, 0.15) is 59.4 Å². The fourth-order valence-corrected chi connectivity index (χ4v) is 4.59. The lowest BCUT2D eigenvalue weighted by Crippen LogP contribution is -2.51. The van der Waals surface area contributed by atoms with Crippen molar-refractivity contribution in [3.8, 4) is 0 Å². The van der Waals surface area contributed by atoms with E-state index < -0.39 is 17.1 Å². The molecule has 0 aliphatic carbocycles. The topological polar surface area (TPSA) is 76.2 Å². The summed E-state index contributed by atoms with van der Waals surface area (Å²) < 4.78 is 11.1. The van der Waals surface area contributed by atoms with Crippen LogP contribution in [0.4, 0.5) is 4.79 Å². The predicted octanol–water partition coefficient (Wildman–Crippen LogP) is 4.00. The lowest BCUT2D eigenvalue weighted by molar-refractivity contribution is -0.159. The van der Waals surface area contributed by atoms with Crippen molar-refractivity contribution in [2.45, 2.75) is 72.1 Å². The van der Waals surface area contributed by atoms with Crippen LogP contribution in [-0.2, 0) is 25.7 Å². The van der Waals surface area contributed by atoms with E-state index in [0.29, 0.717) is 38.9 Å². The molecule has 2 saturated heterocycles. The van der Waals surface area contributed by atoms with E-state index in [1.807, 2.05) is 65.0 Å². The third-order valence-electron chi connectivity index (χ3n) is 6.35. The number of amides is 2. The zero-order valence-electron chi connectivity index (χ0n) is 19.9. The molecule has 2 aliphatic rings. The highest BCUT2D eigenvalue weighted by atomic mass is 16.6. The molecule has 2 fully saturated rings. The minimum absolute atomic E-state index is 0.0108. The lowest BCUT2D eigenvalue weighted by atomic mass is 9.77. The Hall–Kier alpha value is -2.57. The van der Waals surface area contributed by atoms with Gasteiger partial charge in [0.05, 0.1) is 5.41 Å². The summed E-state index contributed by atoms with van der Waals surface area (Å²) in [6, 6.07) is 8.94. The monoisotopic (exact) mass is 444 g/mol. The second kappa shape index (κ2) is 9.51. The SMILES string of the molecule is CC(C)[C@@H](C(=O)OCc1ccccc1)N1CCC2(CCN(C(=O)OC(C)(C)C)CC2)C1=O. The average Bonchev–Trinajstić information content (AvgIpc) is 3.02. The predicted molar refractivity (Wildman–Crippen MR) is 121 cm³/mol. The van der Waals surface area contributed by atoms with Crippen LogP contribution < -0.4 is 0 Å². The smallest absolute Gasteiger partial charge is 0.410 e. The summed E-state index contributed by atoms with van der Waals surface area (Å²) in [5.74, 6) is -0.406. The summed E-state index contributed by atoms with van der Waals surface area (Å²) >= 11 is 0. The molecule has 1 aromatic carbocycles. The Kier molecular flexibility index (Phi) is 7.16. The van der Waals surface area contributed by atoms with Crippen LogP contribution in [0.25, 0.3) is 0 Å². The summed E-state index contributed by atoms with van der Waals surface area (Å²) in [6.07, 6.45) is 1.54. The van der Waals surface area contributed by atoms with Crippen LogP contribution in [-0.4, -0.2) is 59.0 Å². The molecule has 1 aromatic rings. The number of hydrogen-bond donors (Lipinski definition) is 0.